The highest BCUT2D eigenvalue weighted by Gasteiger charge is 2.09. The summed E-state index contributed by atoms with van der Waals surface area (Å²) >= 11 is 3.35. The van der Waals surface area contributed by atoms with E-state index in [0.29, 0.717) is 11.5 Å². The predicted molar refractivity (Wildman–Crippen MR) is 64.1 cm³/mol. The van der Waals surface area contributed by atoms with Gasteiger partial charge in [0, 0.05) is 0 Å². The Bertz CT molecular complexity index is 533. The SMILES string of the molecule is O=C(O)c1ccc(COc2ccccc2Br)o1. The fourth-order valence-electron chi connectivity index (χ4n) is 1.28. The van der Waals surface area contributed by atoms with Gasteiger partial charge in [0.25, 0.3) is 0 Å². The molecular formula is C12H9BrO4. The van der Waals surface area contributed by atoms with Gasteiger partial charge in [-0.05, 0) is 40.2 Å². The molecular weight excluding hydrogens is 288 g/mol. The van der Waals surface area contributed by atoms with Gasteiger partial charge >= 0.3 is 5.97 Å². The molecule has 0 atom stereocenters. The third kappa shape index (κ3) is 2.88. The number of hydrogen-bond acceptors (Lipinski definition) is 3. The second-order valence-corrected chi connectivity index (χ2v) is 4.14. The van der Waals surface area contributed by atoms with Crippen LogP contribution in [0, 0.1) is 0 Å². The summed E-state index contributed by atoms with van der Waals surface area (Å²) in [5.74, 6) is -0.0215. The number of hydrogen-bond donors (Lipinski definition) is 1. The highest BCUT2D eigenvalue weighted by Crippen LogP contribution is 2.24. The molecule has 4 nitrogen and oxygen atoms in total. The Morgan fingerprint density at radius 2 is 2.06 bits per heavy atom. The van der Waals surface area contributed by atoms with Crippen LogP contribution < -0.4 is 4.74 Å². The molecule has 1 N–H and O–H groups in total. The van der Waals surface area contributed by atoms with Crippen LogP contribution in [0.4, 0.5) is 0 Å². The van der Waals surface area contributed by atoms with E-state index in [-0.39, 0.29) is 12.4 Å². The summed E-state index contributed by atoms with van der Waals surface area (Å²) in [5, 5.41) is 8.69. The number of para-hydroxylation sites is 1. The summed E-state index contributed by atoms with van der Waals surface area (Å²) in [6.07, 6.45) is 0. The topological polar surface area (TPSA) is 59.7 Å². The van der Waals surface area contributed by atoms with Crippen LogP contribution in [0.25, 0.3) is 0 Å². The van der Waals surface area contributed by atoms with E-state index >= 15 is 0 Å². The zero-order chi connectivity index (χ0) is 12.3. The van der Waals surface area contributed by atoms with Crippen molar-refractivity contribution in [3.63, 3.8) is 0 Å². The molecule has 88 valence electrons. The van der Waals surface area contributed by atoms with Crippen LogP contribution in [0.15, 0.2) is 45.3 Å². The maximum Gasteiger partial charge on any atom is 0.371 e. The quantitative estimate of drug-likeness (QED) is 0.940. The third-order valence-electron chi connectivity index (χ3n) is 2.08. The van der Waals surface area contributed by atoms with Crippen molar-refractivity contribution in [2.75, 3.05) is 0 Å². The highest BCUT2D eigenvalue weighted by molar-refractivity contribution is 9.10. The fraction of sp³-hybridized carbons (Fsp3) is 0.0833. The standard InChI is InChI=1S/C12H9BrO4/c13-9-3-1-2-4-10(9)16-7-8-5-6-11(17-8)12(14)15/h1-6H,7H2,(H,14,15). The molecule has 2 aromatic rings. The molecule has 0 radical (unpaired) electrons. The Hall–Kier alpha value is -1.75. The lowest BCUT2D eigenvalue weighted by Crippen LogP contribution is -1.95. The van der Waals surface area contributed by atoms with Crippen molar-refractivity contribution in [3.8, 4) is 5.75 Å². The minimum absolute atomic E-state index is 0.0873. The van der Waals surface area contributed by atoms with Gasteiger partial charge in [-0.3, -0.25) is 0 Å². The average molecular weight is 297 g/mol. The van der Waals surface area contributed by atoms with Crippen molar-refractivity contribution in [1.82, 2.24) is 0 Å². The first-order valence-electron chi connectivity index (χ1n) is 4.86. The van der Waals surface area contributed by atoms with E-state index in [1.807, 2.05) is 24.3 Å². The van der Waals surface area contributed by atoms with Crippen LogP contribution in [0.5, 0.6) is 5.75 Å². The maximum absolute atomic E-state index is 10.6. The number of benzene rings is 1. The number of rotatable bonds is 4. The van der Waals surface area contributed by atoms with Gasteiger partial charge in [0.05, 0.1) is 4.47 Å². The molecule has 1 heterocycles. The lowest BCUT2D eigenvalue weighted by molar-refractivity contribution is 0.0658. The number of carboxylic acids is 1. The molecule has 0 amide bonds. The predicted octanol–water partition coefficient (Wildman–Crippen LogP) is 3.32. The zero-order valence-electron chi connectivity index (χ0n) is 8.72. The van der Waals surface area contributed by atoms with Gasteiger partial charge in [-0.1, -0.05) is 12.1 Å². The normalized spacial score (nSPS) is 10.2. The maximum atomic E-state index is 10.6. The number of furan rings is 1. The van der Waals surface area contributed by atoms with Gasteiger partial charge < -0.3 is 14.3 Å². The van der Waals surface area contributed by atoms with E-state index in [4.69, 9.17) is 14.3 Å². The average Bonchev–Trinajstić information content (AvgIpc) is 2.77. The Morgan fingerprint density at radius 3 is 2.71 bits per heavy atom. The summed E-state index contributed by atoms with van der Waals surface area (Å²) in [5.41, 5.74) is 0. The molecule has 1 aromatic carbocycles. The first-order valence-corrected chi connectivity index (χ1v) is 5.65. The van der Waals surface area contributed by atoms with Gasteiger partial charge in [-0.2, -0.15) is 0 Å². The van der Waals surface area contributed by atoms with Crippen molar-refractivity contribution in [1.29, 1.82) is 0 Å². The molecule has 0 unspecified atom stereocenters. The van der Waals surface area contributed by atoms with Gasteiger partial charge in [0.15, 0.2) is 0 Å². The first kappa shape index (κ1) is 11.7. The Kier molecular flexibility index (Phi) is 3.49. The van der Waals surface area contributed by atoms with Crippen LogP contribution in [-0.2, 0) is 6.61 Å². The Balaban J connectivity index is 2.02. The second-order valence-electron chi connectivity index (χ2n) is 3.29. The molecule has 5 heteroatoms. The van der Waals surface area contributed by atoms with E-state index in [1.54, 1.807) is 6.07 Å². The number of carboxylic acid groups (broad SMARTS) is 1. The van der Waals surface area contributed by atoms with Crippen LogP contribution in [0.3, 0.4) is 0 Å². The molecule has 0 saturated carbocycles. The van der Waals surface area contributed by atoms with Crippen molar-refractivity contribution >= 4 is 21.9 Å². The second kappa shape index (κ2) is 5.05. The van der Waals surface area contributed by atoms with E-state index < -0.39 is 5.97 Å². The molecule has 0 aliphatic carbocycles. The number of halogens is 1. The molecule has 1 aromatic heterocycles. The van der Waals surface area contributed by atoms with Crippen LogP contribution in [-0.4, -0.2) is 11.1 Å². The Labute approximate surface area is 106 Å². The van der Waals surface area contributed by atoms with Crippen LogP contribution in [0.2, 0.25) is 0 Å². The summed E-state index contributed by atoms with van der Waals surface area (Å²) < 4.78 is 11.4. The van der Waals surface area contributed by atoms with Crippen LogP contribution >= 0.6 is 15.9 Å². The number of carbonyl (C=O) groups is 1. The van der Waals surface area contributed by atoms with Crippen molar-refractivity contribution in [2.24, 2.45) is 0 Å². The minimum Gasteiger partial charge on any atom is -0.484 e. The lowest BCUT2D eigenvalue weighted by Gasteiger charge is -2.05. The van der Waals surface area contributed by atoms with Crippen molar-refractivity contribution in [3.05, 3.63) is 52.4 Å². The molecule has 2 rings (SSSR count). The minimum atomic E-state index is -1.09. The number of ether oxygens (including phenoxy) is 1. The van der Waals surface area contributed by atoms with Crippen molar-refractivity contribution in [2.45, 2.75) is 6.61 Å². The largest absolute Gasteiger partial charge is 0.484 e. The third-order valence-corrected chi connectivity index (χ3v) is 2.73. The lowest BCUT2D eigenvalue weighted by atomic mass is 10.3. The molecule has 0 bridgehead atoms. The van der Waals surface area contributed by atoms with Gasteiger partial charge in [0.1, 0.15) is 18.1 Å². The molecule has 0 saturated heterocycles. The van der Waals surface area contributed by atoms with Gasteiger partial charge in [0.2, 0.25) is 5.76 Å². The summed E-state index contributed by atoms with van der Waals surface area (Å²) in [6, 6.07) is 10.4. The molecule has 0 aliphatic heterocycles. The Morgan fingerprint density at radius 1 is 1.29 bits per heavy atom. The van der Waals surface area contributed by atoms with Gasteiger partial charge in [-0.25, -0.2) is 4.79 Å². The monoisotopic (exact) mass is 296 g/mol. The van der Waals surface area contributed by atoms with Gasteiger partial charge in [-0.15, -0.1) is 0 Å². The van der Waals surface area contributed by atoms with E-state index in [1.165, 1.54) is 6.07 Å². The molecule has 17 heavy (non-hydrogen) atoms. The van der Waals surface area contributed by atoms with Crippen LogP contribution in [0.1, 0.15) is 16.3 Å². The van der Waals surface area contributed by atoms with E-state index in [9.17, 15) is 4.79 Å². The summed E-state index contributed by atoms with van der Waals surface area (Å²) in [6.45, 7) is 0.190. The van der Waals surface area contributed by atoms with E-state index in [2.05, 4.69) is 15.9 Å². The first-order chi connectivity index (χ1) is 8.16. The van der Waals surface area contributed by atoms with Crippen molar-refractivity contribution < 1.29 is 19.1 Å². The molecule has 0 spiro atoms. The molecule has 0 aliphatic rings. The van der Waals surface area contributed by atoms with E-state index in [0.717, 1.165) is 4.47 Å². The zero-order valence-corrected chi connectivity index (χ0v) is 10.3. The summed E-state index contributed by atoms with van der Waals surface area (Å²) in [4.78, 5) is 10.6. The highest BCUT2D eigenvalue weighted by atomic mass is 79.9. The number of aromatic carboxylic acids is 1. The summed E-state index contributed by atoms with van der Waals surface area (Å²) in [7, 11) is 0. The molecule has 0 fully saturated rings. The smallest absolute Gasteiger partial charge is 0.371 e. The fourth-order valence-corrected chi connectivity index (χ4v) is 1.68.